The highest BCUT2D eigenvalue weighted by atomic mass is 35.5. The van der Waals surface area contributed by atoms with Crippen LogP contribution in [0.15, 0.2) is 29.2 Å². The number of fused-ring (bicyclic) bond motifs is 1. The summed E-state index contributed by atoms with van der Waals surface area (Å²) in [6.45, 7) is 4.93. The van der Waals surface area contributed by atoms with Crippen LogP contribution >= 0.6 is 11.6 Å². The molecule has 0 bridgehead atoms. The lowest BCUT2D eigenvalue weighted by atomic mass is 9.96. The SMILES string of the molecule is O=C(C[C@H]1CC[C@H]2[C@@H](COC[C@H](O)CN2S(=O)(=O)c2cccc(Cl)c2)O1)NCCCN1CCOCC1. The van der Waals surface area contributed by atoms with E-state index in [1.54, 1.807) is 12.1 Å². The van der Waals surface area contributed by atoms with Crippen molar-refractivity contribution in [2.45, 2.75) is 54.9 Å². The molecule has 0 saturated carbocycles. The molecule has 202 valence electrons. The van der Waals surface area contributed by atoms with Gasteiger partial charge in [-0.05, 0) is 44.0 Å². The predicted octanol–water partition coefficient (Wildman–Crippen LogP) is 0.867. The molecule has 1 amide bonds. The van der Waals surface area contributed by atoms with Gasteiger partial charge in [0.25, 0.3) is 0 Å². The van der Waals surface area contributed by atoms with Gasteiger partial charge in [0, 0.05) is 31.2 Å². The Bertz CT molecular complexity index is 976. The number of β-amino-alcohol motifs (C(OH)–C–C–N with tert-alkyl or cyclic N) is 1. The first-order valence-electron chi connectivity index (χ1n) is 12.6. The lowest BCUT2D eigenvalue weighted by Crippen LogP contribution is -2.57. The number of nitrogens with zero attached hydrogens (tertiary/aromatic N) is 2. The average Bonchev–Trinajstić information content (AvgIpc) is 2.85. The van der Waals surface area contributed by atoms with Crippen LogP contribution < -0.4 is 5.32 Å². The second-order valence-corrected chi connectivity index (χ2v) is 11.9. The van der Waals surface area contributed by atoms with Gasteiger partial charge < -0.3 is 24.6 Å². The summed E-state index contributed by atoms with van der Waals surface area (Å²) in [5, 5.41) is 13.6. The van der Waals surface area contributed by atoms with Crippen molar-refractivity contribution in [3.8, 4) is 0 Å². The second-order valence-electron chi connectivity index (χ2n) is 9.53. The van der Waals surface area contributed by atoms with E-state index in [0.29, 0.717) is 24.4 Å². The van der Waals surface area contributed by atoms with Crippen LogP contribution in [0.5, 0.6) is 0 Å². The molecule has 4 atom stereocenters. The van der Waals surface area contributed by atoms with Gasteiger partial charge >= 0.3 is 0 Å². The van der Waals surface area contributed by atoms with E-state index in [1.807, 2.05) is 0 Å². The quantitative estimate of drug-likeness (QED) is 0.462. The number of amides is 1. The standard InChI is InChI=1S/C24H36ClN3O7S/c25-18-3-1-4-21(13-18)36(31,32)28-15-19(29)16-34-17-23-22(28)6-5-20(35-23)14-24(30)26-7-2-8-27-9-11-33-12-10-27/h1,3-4,13,19-20,22-23,29H,2,5-12,14-17H2,(H,26,30)/t19-,20-,22+,23-/m1/s1. The van der Waals surface area contributed by atoms with Gasteiger partial charge in [-0.3, -0.25) is 9.69 Å². The van der Waals surface area contributed by atoms with Gasteiger partial charge in [-0.2, -0.15) is 4.31 Å². The van der Waals surface area contributed by atoms with Crippen LogP contribution in [0.25, 0.3) is 0 Å². The highest BCUT2D eigenvalue weighted by Gasteiger charge is 2.43. The summed E-state index contributed by atoms with van der Waals surface area (Å²) < 4.78 is 45.5. The molecule has 10 nitrogen and oxygen atoms in total. The zero-order valence-corrected chi connectivity index (χ0v) is 22.0. The van der Waals surface area contributed by atoms with Crippen molar-refractivity contribution in [1.82, 2.24) is 14.5 Å². The summed E-state index contributed by atoms with van der Waals surface area (Å²) in [5.74, 6) is -0.0778. The second kappa shape index (κ2) is 13.0. The van der Waals surface area contributed by atoms with Gasteiger partial charge in [0.15, 0.2) is 0 Å². The lowest BCUT2D eigenvalue weighted by Gasteiger charge is -2.43. The first-order valence-corrected chi connectivity index (χ1v) is 14.4. The third kappa shape index (κ3) is 7.38. The molecule has 12 heteroatoms. The maximum atomic E-state index is 13.5. The molecule has 1 aromatic rings. The van der Waals surface area contributed by atoms with E-state index in [4.69, 9.17) is 25.8 Å². The van der Waals surface area contributed by atoms with Gasteiger partial charge in [0.2, 0.25) is 15.9 Å². The number of carbonyl (C=O) groups is 1. The smallest absolute Gasteiger partial charge is 0.243 e. The van der Waals surface area contributed by atoms with Crippen molar-refractivity contribution in [1.29, 1.82) is 0 Å². The Morgan fingerprint density at radius 1 is 1.17 bits per heavy atom. The summed E-state index contributed by atoms with van der Waals surface area (Å²) in [4.78, 5) is 14.9. The molecule has 3 heterocycles. The molecular weight excluding hydrogens is 510 g/mol. The topological polar surface area (TPSA) is 118 Å². The Labute approximate surface area is 217 Å². The molecule has 3 aliphatic heterocycles. The van der Waals surface area contributed by atoms with Crippen molar-refractivity contribution >= 4 is 27.5 Å². The highest BCUT2D eigenvalue weighted by Crippen LogP contribution is 2.32. The number of aliphatic hydroxyl groups is 1. The minimum atomic E-state index is -3.93. The van der Waals surface area contributed by atoms with E-state index in [1.165, 1.54) is 16.4 Å². The first-order chi connectivity index (χ1) is 17.3. The summed E-state index contributed by atoms with van der Waals surface area (Å²) in [6, 6.07) is 5.58. The Balaban J connectivity index is 1.33. The van der Waals surface area contributed by atoms with Crippen LogP contribution in [-0.4, -0.2) is 112 Å². The molecule has 0 unspecified atom stereocenters. The average molecular weight is 546 g/mol. The van der Waals surface area contributed by atoms with Crippen LogP contribution in [0, 0.1) is 0 Å². The lowest BCUT2D eigenvalue weighted by molar-refractivity contribution is -0.146. The number of ether oxygens (including phenoxy) is 3. The number of halogens is 1. The maximum absolute atomic E-state index is 13.5. The number of sulfonamides is 1. The molecule has 36 heavy (non-hydrogen) atoms. The molecule has 3 aliphatic rings. The van der Waals surface area contributed by atoms with Crippen molar-refractivity contribution in [2.24, 2.45) is 0 Å². The monoisotopic (exact) mass is 545 g/mol. The minimum Gasteiger partial charge on any atom is -0.389 e. The summed E-state index contributed by atoms with van der Waals surface area (Å²) in [5.41, 5.74) is 0. The van der Waals surface area contributed by atoms with E-state index in [2.05, 4.69) is 10.2 Å². The molecule has 0 aliphatic carbocycles. The number of hydrogen-bond donors (Lipinski definition) is 2. The fraction of sp³-hybridized carbons (Fsp3) is 0.708. The molecule has 0 radical (unpaired) electrons. The first kappa shape index (κ1) is 27.7. The normalized spacial score (nSPS) is 28.6. The van der Waals surface area contributed by atoms with Gasteiger partial charge in [-0.25, -0.2) is 8.42 Å². The highest BCUT2D eigenvalue weighted by molar-refractivity contribution is 7.89. The molecule has 0 spiro atoms. The van der Waals surface area contributed by atoms with E-state index in [-0.39, 0.29) is 43.1 Å². The number of rotatable bonds is 8. The fourth-order valence-electron chi connectivity index (χ4n) is 4.97. The number of benzene rings is 1. The van der Waals surface area contributed by atoms with Crippen LogP contribution in [0.2, 0.25) is 5.02 Å². The molecule has 2 N–H and O–H groups in total. The molecule has 0 aromatic heterocycles. The molecular formula is C24H36ClN3O7S. The van der Waals surface area contributed by atoms with Gasteiger partial charge in [0.1, 0.15) is 0 Å². The Morgan fingerprint density at radius 3 is 2.75 bits per heavy atom. The summed E-state index contributed by atoms with van der Waals surface area (Å²) >= 11 is 6.04. The van der Waals surface area contributed by atoms with E-state index in [9.17, 15) is 18.3 Å². The zero-order chi connectivity index (χ0) is 25.5. The van der Waals surface area contributed by atoms with E-state index >= 15 is 0 Å². The zero-order valence-electron chi connectivity index (χ0n) is 20.4. The van der Waals surface area contributed by atoms with Crippen molar-refractivity contribution in [3.05, 3.63) is 29.3 Å². The Hall–Kier alpha value is -1.31. The molecule has 3 fully saturated rings. The number of carbonyl (C=O) groups excluding carboxylic acids is 1. The van der Waals surface area contributed by atoms with Crippen LogP contribution in [0.3, 0.4) is 0 Å². The van der Waals surface area contributed by atoms with Crippen LogP contribution in [-0.2, 0) is 29.0 Å². The van der Waals surface area contributed by atoms with Crippen molar-refractivity contribution < 1.29 is 32.5 Å². The molecule has 4 rings (SSSR count). The van der Waals surface area contributed by atoms with Gasteiger partial charge in [0.05, 0.1) is 62.1 Å². The summed E-state index contributed by atoms with van der Waals surface area (Å²) in [7, 11) is -3.93. The van der Waals surface area contributed by atoms with Crippen LogP contribution in [0.1, 0.15) is 25.7 Å². The minimum absolute atomic E-state index is 0.00242. The van der Waals surface area contributed by atoms with Crippen LogP contribution in [0.4, 0.5) is 0 Å². The Kier molecular flexibility index (Phi) is 9.98. The number of nitrogens with one attached hydrogen (secondary N) is 1. The van der Waals surface area contributed by atoms with Gasteiger partial charge in [-0.15, -0.1) is 0 Å². The van der Waals surface area contributed by atoms with Gasteiger partial charge in [-0.1, -0.05) is 17.7 Å². The van der Waals surface area contributed by atoms with E-state index in [0.717, 1.165) is 39.3 Å². The Morgan fingerprint density at radius 2 is 1.97 bits per heavy atom. The van der Waals surface area contributed by atoms with Crippen molar-refractivity contribution in [2.75, 3.05) is 59.2 Å². The molecule has 1 aromatic carbocycles. The van der Waals surface area contributed by atoms with Crippen molar-refractivity contribution in [3.63, 3.8) is 0 Å². The largest absolute Gasteiger partial charge is 0.389 e. The predicted molar refractivity (Wildman–Crippen MR) is 133 cm³/mol. The number of aliphatic hydroxyl groups excluding tert-OH is 1. The fourth-order valence-corrected chi connectivity index (χ4v) is 6.99. The third-order valence-corrected chi connectivity index (χ3v) is 8.95. The maximum Gasteiger partial charge on any atom is 0.243 e. The third-order valence-electron chi connectivity index (χ3n) is 6.83. The molecule has 3 saturated heterocycles. The summed E-state index contributed by atoms with van der Waals surface area (Å²) in [6.07, 6.45) is 0.281. The number of morpholine rings is 1. The van der Waals surface area contributed by atoms with E-state index < -0.39 is 28.3 Å². The number of hydrogen-bond acceptors (Lipinski definition) is 8.